The number of hydrogen-bond donors (Lipinski definition) is 2. The molecule has 2 heterocycles. The number of rotatable bonds is 4. The van der Waals surface area contributed by atoms with Gasteiger partial charge in [0.05, 0.1) is 23.4 Å². The molecule has 0 radical (unpaired) electrons. The average Bonchev–Trinajstić information content (AvgIpc) is 3.12. The molecule has 3 N–H and O–H groups in total. The summed E-state index contributed by atoms with van der Waals surface area (Å²) in [5.74, 6) is -0.226. The van der Waals surface area contributed by atoms with Gasteiger partial charge in [0.1, 0.15) is 6.04 Å². The zero-order valence-electron chi connectivity index (χ0n) is 15.1. The number of fused-ring (bicyclic) bond motifs is 1. The minimum atomic E-state index is -0.702. The smallest absolute Gasteiger partial charge is 0.245 e. The molecular weight excluding hydrogens is 360 g/mol. The lowest BCUT2D eigenvalue weighted by molar-refractivity contribution is -0.117. The van der Waals surface area contributed by atoms with Gasteiger partial charge >= 0.3 is 0 Å². The topological polar surface area (TPSA) is 80.5 Å². The second-order valence-electron chi connectivity index (χ2n) is 6.66. The largest absolute Gasteiger partial charge is 0.378 e. The van der Waals surface area contributed by atoms with Crippen molar-refractivity contribution in [1.29, 1.82) is 0 Å². The number of morpholine rings is 1. The Morgan fingerprint density at radius 1 is 1.22 bits per heavy atom. The van der Waals surface area contributed by atoms with E-state index >= 15 is 0 Å². The zero-order chi connectivity index (χ0) is 18.8. The number of nitrogens with zero attached hydrogens (tertiary/aromatic N) is 2. The summed E-state index contributed by atoms with van der Waals surface area (Å²) < 4.78 is 6.44. The van der Waals surface area contributed by atoms with Gasteiger partial charge in [0.15, 0.2) is 5.13 Å². The first-order chi connectivity index (χ1) is 13.1. The van der Waals surface area contributed by atoms with Crippen molar-refractivity contribution in [3.05, 3.63) is 53.6 Å². The maximum atomic E-state index is 12.5. The molecule has 3 aromatic rings. The molecule has 1 fully saturated rings. The van der Waals surface area contributed by atoms with Crippen LogP contribution >= 0.6 is 11.3 Å². The Kier molecular flexibility index (Phi) is 5.07. The van der Waals surface area contributed by atoms with Crippen LogP contribution in [0.15, 0.2) is 42.5 Å². The highest BCUT2D eigenvalue weighted by Gasteiger charge is 2.18. The van der Waals surface area contributed by atoms with Crippen molar-refractivity contribution in [2.45, 2.75) is 13.0 Å². The van der Waals surface area contributed by atoms with E-state index in [-0.39, 0.29) is 5.91 Å². The molecule has 1 aliphatic heterocycles. The molecule has 0 spiro atoms. The van der Waals surface area contributed by atoms with Crippen molar-refractivity contribution in [2.24, 2.45) is 5.73 Å². The number of thiazole rings is 1. The Morgan fingerprint density at radius 2 is 1.96 bits per heavy atom. The Labute approximate surface area is 162 Å². The highest BCUT2D eigenvalue weighted by Crippen LogP contribution is 2.31. The molecule has 1 unspecified atom stereocenters. The van der Waals surface area contributed by atoms with E-state index in [9.17, 15) is 4.79 Å². The van der Waals surface area contributed by atoms with Crippen molar-refractivity contribution >= 4 is 38.3 Å². The van der Waals surface area contributed by atoms with Gasteiger partial charge in [0.2, 0.25) is 5.91 Å². The lowest BCUT2D eigenvalue weighted by atomic mass is 10.1. The van der Waals surface area contributed by atoms with Crippen LogP contribution < -0.4 is 16.0 Å². The summed E-state index contributed by atoms with van der Waals surface area (Å²) in [5, 5.41) is 3.91. The van der Waals surface area contributed by atoms with Gasteiger partial charge in [0, 0.05) is 18.8 Å². The van der Waals surface area contributed by atoms with Gasteiger partial charge in [-0.2, -0.15) is 0 Å². The lowest BCUT2D eigenvalue weighted by Crippen LogP contribution is -2.36. The van der Waals surface area contributed by atoms with Crippen LogP contribution in [-0.4, -0.2) is 37.2 Å². The maximum absolute atomic E-state index is 12.5. The molecule has 2 aromatic carbocycles. The summed E-state index contributed by atoms with van der Waals surface area (Å²) in [7, 11) is 0. The number of aryl methyl sites for hydroxylation is 1. The van der Waals surface area contributed by atoms with E-state index in [0.717, 1.165) is 58.5 Å². The molecule has 1 aromatic heterocycles. The quantitative estimate of drug-likeness (QED) is 0.725. The van der Waals surface area contributed by atoms with E-state index in [4.69, 9.17) is 15.5 Å². The van der Waals surface area contributed by atoms with Crippen molar-refractivity contribution in [1.82, 2.24) is 4.98 Å². The van der Waals surface area contributed by atoms with Gasteiger partial charge in [-0.3, -0.25) is 4.79 Å². The van der Waals surface area contributed by atoms with Crippen LogP contribution in [0, 0.1) is 6.92 Å². The van der Waals surface area contributed by atoms with Gasteiger partial charge in [-0.25, -0.2) is 4.98 Å². The van der Waals surface area contributed by atoms with Crippen LogP contribution in [0.3, 0.4) is 0 Å². The van der Waals surface area contributed by atoms with Crippen LogP contribution in [0.4, 0.5) is 10.8 Å². The third-order valence-electron chi connectivity index (χ3n) is 4.65. The zero-order valence-corrected chi connectivity index (χ0v) is 16.0. The van der Waals surface area contributed by atoms with Crippen molar-refractivity contribution in [3.63, 3.8) is 0 Å². The number of amides is 1. The summed E-state index contributed by atoms with van der Waals surface area (Å²) >= 11 is 1.63. The van der Waals surface area contributed by atoms with E-state index in [1.54, 1.807) is 11.3 Å². The number of ether oxygens (including phenoxy) is 1. The average molecular weight is 382 g/mol. The number of anilines is 2. The van der Waals surface area contributed by atoms with E-state index in [2.05, 4.69) is 10.2 Å². The number of benzene rings is 2. The Balaban J connectivity index is 1.49. The van der Waals surface area contributed by atoms with Crippen molar-refractivity contribution in [3.8, 4) is 0 Å². The van der Waals surface area contributed by atoms with E-state index in [0.29, 0.717) is 0 Å². The fraction of sp³-hybridized carbons (Fsp3) is 0.300. The van der Waals surface area contributed by atoms with Crippen molar-refractivity contribution in [2.75, 3.05) is 36.5 Å². The molecule has 0 aliphatic carbocycles. The van der Waals surface area contributed by atoms with Crippen LogP contribution in [0.2, 0.25) is 0 Å². The van der Waals surface area contributed by atoms with Gasteiger partial charge in [-0.1, -0.05) is 41.2 Å². The SMILES string of the molecule is Cc1ccc(C(N)C(=O)Nc2ccc3nc(N4CCOCC4)sc3c2)cc1. The van der Waals surface area contributed by atoms with E-state index < -0.39 is 6.04 Å². The maximum Gasteiger partial charge on any atom is 0.245 e. The number of nitrogens with two attached hydrogens (primary N) is 1. The lowest BCUT2D eigenvalue weighted by Gasteiger charge is -2.25. The molecule has 1 saturated heterocycles. The summed E-state index contributed by atoms with van der Waals surface area (Å²) in [6, 6.07) is 12.7. The van der Waals surface area contributed by atoms with Crippen molar-refractivity contribution < 1.29 is 9.53 Å². The summed E-state index contributed by atoms with van der Waals surface area (Å²) in [5.41, 5.74) is 9.71. The molecular formula is C20H22N4O2S. The van der Waals surface area contributed by atoms with E-state index in [1.807, 2.05) is 49.4 Å². The molecule has 0 saturated carbocycles. The fourth-order valence-electron chi connectivity index (χ4n) is 3.03. The minimum Gasteiger partial charge on any atom is -0.378 e. The van der Waals surface area contributed by atoms with Gasteiger partial charge in [-0.05, 0) is 30.7 Å². The third kappa shape index (κ3) is 3.95. The molecule has 1 atom stereocenters. The molecule has 27 heavy (non-hydrogen) atoms. The number of aromatic nitrogens is 1. The van der Waals surface area contributed by atoms with Gasteiger partial charge < -0.3 is 20.7 Å². The summed E-state index contributed by atoms with van der Waals surface area (Å²) in [6.07, 6.45) is 0. The first-order valence-electron chi connectivity index (χ1n) is 8.96. The molecule has 1 aliphatic rings. The first-order valence-corrected chi connectivity index (χ1v) is 9.78. The molecule has 6 nitrogen and oxygen atoms in total. The van der Waals surface area contributed by atoms with Gasteiger partial charge in [-0.15, -0.1) is 0 Å². The highest BCUT2D eigenvalue weighted by atomic mass is 32.1. The summed E-state index contributed by atoms with van der Waals surface area (Å²) in [4.78, 5) is 19.5. The normalized spacial score (nSPS) is 15.7. The highest BCUT2D eigenvalue weighted by molar-refractivity contribution is 7.22. The number of hydrogen-bond acceptors (Lipinski definition) is 6. The molecule has 7 heteroatoms. The van der Waals surface area contributed by atoms with Gasteiger partial charge in [0.25, 0.3) is 0 Å². The Hall–Kier alpha value is -2.48. The van der Waals surface area contributed by atoms with Crippen LogP contribution in [0.1, 0.15) is 17.2 Å². The number of carbonyl (C=O) groups is 1. The van der Waals surface area contributed by atoms with Crippen LogP contribution in [0.5, 0.6) is 0 Å². The number of carbonyl (C=O) groups excluding carboxylic acids is 1. The molecule has 1 amide bonds. The Morgan fingerprint density at radius 3 is 2.70 bits per heavy atom. The summed E-state index contributed by atoms with van der Waals surface area (Å²) in [6.45, 7) is 5.18. The van der Waals surface area contributed by atoms with E-state index in [1.165, 1.54) is 0 Å². The predicted octanol–water partition coefficient (Wildman–Crippen LogP) is 3.08. The molecule has 140 valence electrons. The second-order valence-corrected chi connectivity index (χ2v) is 7.67. The van der Waals surface area contributed by atoms with Crippen LogP contribution in [0.25, 0.3) is 10.2 Å². The third-order valence-corrected chi connectivity index (χ3v) is 5.72. The number of nitrogens with one attached hydrogen (secondary N) is 1. The Bertz CT molecular complexity index is 948. The second kappa shape index (κ2) is 7.64. The monoisotopic (exact) mass is 382 g/mol. The predicted molar refractivity (Wildman–Crippen MR) is 109 cm³/mol. The first kappa shape index (κ1) is 17.9. The molecule has 4 rings (SSSR count). The molecule has 0 bridgehead atoms. The standard InChI is InChI=1S/C20H22N4O2S/c1-13-2-4-14(5-3-13)18(21)19(25)22-15-6-7-16-17(12-15)27-20(23-16)24-8-10-26-11-9-24/h2-7,12,18H,8-11,21H2,1H3,(H,22,25). The minimum absolute atomic E-state index is 0.226. The van der Waals surface area contributed by atoms with Crippen LogP contribution in [-0.2, 0) is 9.53 Å². The fourth-order valence-corrected chi connectivity index (χ4v) is 4.08.